The van der Waals surface area contributed by atoms with Crippen LogP contribution in [-0.4, -0.2) is 40.7 Å². The van der Waals surface area contributed by atoms with Gasteiger partial charge in [0.1, 0.15) is 5.25 Å². The number of aliphatic carboxylic acids is 1. The van der Waals surface area contributed by atoms with E-state index in [1.54, 1.807) is 16.7 Å². The largest absolute Gasteiger partial charge is 0.481 e. The summed E-state index contributed by atoms with van der Waals surface area (Å²) in [6, 6.07) is 8.08. The van der Waals surface area contributed by atoms with E-state index in [9.17, 15) is 9.59 Å². The summed E-state index contributed by atoms with van der Waals surface area (Å²) in [5.41, 5.74) is 2.35. The highest BCUT2D eigenvalue weighted by atomic mass is 32.2. The average molecular weight is 291 g/mol. The summed E-state index contributed by atoms with van der Waals surface area (Å²) in [7, 11) is 0. The van der Waals surface area contributed by atoms with Gasteiger partial charge in [0.15, 0.2) is 0 Å². The van der Waals surface area contributed by atoms with Gasteiger partial charge >= 0.3 is 5.97 Å². The van der Waals surface area contributed by atoms with Crippen molar-refractivity contribution in [3.8, 4) is 0 Å². The number of rotatable bonds is 2. The number of likely N-dealkylation sites (tertiary alicyclic amines) is 1. The number of amides is 1. The molecule has 20 heavy (non-hydrogen) atoms. The van der Waals surface area contributed by atoms with E-state index < -0.39 is 11.9 Å². The Balaban J connectivity index is 1.78. The van der Waals surface area contributed by atoms with E-state index in [-0.39, 0.29) is 11.2 Å². The summed E-state index contributed by atoms with van der Waals surface area (Å²) in [6.45, 7) is 0.919. The fourth-order valence-corrected chi connectivity index (χ4v) is 4.20. The number of fused-ring (bicyclic) bond motifs is 1. The Morgan fingerprint density at radius 3 is 2.85 bits per heavy atom. The molecule has 2 aliphatic heterocycles. The molecule has 2 atom stereocenters. The first-order valence-corrected chi connectivity index (χ1v) is 7.92. The number of nitrogens with zero attached hydrogens (tertiary/aromatic N) is 1. The lowest BCUT2D eigenvalue weighted by Crippen LogP contribution is -2.34. The summed E-state index contributed by atoms with van der Waals surface area (Å²) < 4.78 is 0. The number of benzene rings is 1. The van der Waals surface area contributed by atoms with Gasteiger partial charge in [0.25, 0.3) is 0 Å². The molecule has 1 aromatic rings. The van der Waals surface area contributed by atoms with Gasteiger partial charge < -0.3 is 10.0 Å². The molecule has 2 heterocycles. The molecule has 0 aliphatic carbocycles. The van der Waals surface area contributed by atoms with Crippen molar-refractivity contribution in [1.82, 2.24) is 4.90 Å². The van der Waals surface area contributed by atoms with Crippen LogP contribution in [0, 0.1) is 5.92 Å². The summed E-state index contributed by atoms with van der Waals surface area (Å²) in [5.74, 6) is -0.172. The van der Waals surface area contributed by atoms with Crippen molar-refractivity contribution in [3.05, 3.63) is 35.4 Å². The van der Waals surface area contributed by atoms with E-state index in [1.807, 2.05) is 18.2 Å². The van der Waals surface area contributed by atoms with Crippen molar-refractivity contribution < 1.29 is 14.7 Å². The molecule has 0 spiro atoms. The maximum atomic E-state index is 12.6. The molecule has 1 amide bonds. The van der Waals surface area contributed by atoms with Gasteiger partial charge in [-0.15, -0.1) is 11.8 Å². The highest BCUT2D eigenvalue weighted by molar-refractivity contribution is 8.00. The third-order valence-electron chi connectivity index (χ3n) is 4.07. The van der Waals surface area contributed by atoms with Gasteiger partial charge in [0, 0.05) is 13.1 Å². The number of carbonyl (C=O) groups excluding carboxylic acids is 1. The third-order valence-corrected chi connectivity index (χ3v) is 5.30. The normalized spacial score (nSPS) is 25.3. The summed E-state index contributed by atoms with van der Waals surface area (Å²) in [6.07, 6.45) is 1.57. The standard InChI is InChI=1S/C15H17NO3S/c17-14(16-7-5-11(9-16)15(18)19)13-12-4-2-1-3-10(12)6-8-20-13/h1-4,11,13H,5-9H2,(H,18,19)/t11-,13+/m0/s1. The molecule has 0 saturated carbocycles. The number of hydrogen-bond donors (Lipinski definition) is 1. The number of carbonyl (C=O) groups is 2. The summed E-state index contributed by atoms with van der Waals surface area (Å²) in [4.78, 5) is 25.4. The van der Waals surface area contributed by atoms with E-state index in [4.69, 9.17) is 5.11 Å². The molecular weight excluding hydrogens is 274 g/mol. The monoisotopic (exact) mass is 291 g/mol. The topological polar surface area (TPSA) is 57.6 Å². The quantitative estimate of drug-likeness (QED) is 0.905. The first-order valence-electron chi connectivity index (χ1n) is 6.88. The SMILES string of the molecule is O=C(O)[C@H]1CCN(C(=O)[C@@H]2SCCc3ccccc32)C1. The molecule has 4 nitrogen and oxygen atoms in total. The Morgan fingerprint density at radius 2 is 2.10 bits per heavy atom. The Morgan fingerprint density at radius 1 is 1.30 bits per heavy atom. The van der Waals surface area contributed by atoms with Crippen LogP contribution in [0.2, 0.25) is 0 Å². The van der Waals surface area contributed by atoms with Crippen LogP contribution >= 0.6 is 11.8 Å². The molecule has 1 fully saturated rings. The van der Waals surface area contributed by atoms with Gasteiger partial charge in [-0.25, -0.2) is 0 Å². The minimum absolute atomic E-state index is 0.0749. The van der Waals surface area contributed by atoms with Crippen LogP contribution in [0.15, 0.2) is 24.3 Å². The van der Waals surface area contributed by atoms with Crippen molar-refractivity contribution in [2.45, 2.75) is 18.1 Å². The summed E-state index contributed by atoms with van der Waals surface area (Å²) >= 11 is 1.67. The molecule has 0 aromatic heterocycles. The second-order valence-corrected chi connectivity index (χ2v) is 6.52. The van der Waals surface area contributed by atoms with Crippen LogP contribution in [0.5, 0.6) is 0 Å². The van der Waals surface area contributed by atoms with E-state index in [2.05, 4.69) is 6.07 Å². The van der Waals surface area contributed by atoms with Gasteiger partial charge in [0.2, 0.25) is 5.91 Å². The smallest absolute Gasteiger partial charge is 0.308 e. The molecule has 0 bridgehead atoms. The molecule has 0 radical (unpaired) electrons. The average Bonchev–Trinajstić information content (AvgIpc) is 2.96. The van der Waals surface area contributed by atoms with E-state index in [1.165, 1.54) is 5.56 Å². The predicted octanol–water partition coefficient (Wildman–Crippen LogP) is 1.95. The van der Waals surface area contributed by atoms with Crippen LogP contribution < -0.4 is 0 Å². The fraction of sp³-hybridized carbons (Fsp3) is 0.467. The van der Waals surface area contributed by atoms with Gasteiger partial charge in [-0.3, -0.25) is 9.59 Å². The Bertz CT molecular complexity index is 546. The number of aryl methyl sites for hydroxylation is 1. The first kappa shape index (κ1) is 13.5. The second-order valence-electron chi connectivity index (χ2n) is 5.31. The lowest BCUT2D eigenvalue weighted by molar-refractivity contribution is -0.141. The molecule has 1 N–H and O–H groups in total. The van der Waals surface area contributed by atoms with E-state index in [0.29, 0.717) is 19.5 Å². The van der Waals surface area contributed by atoms with Crippen molar-refractivity contribution in [3.63, 3.8) is 0 Å². The number of carboxylic acid groups (broad SMARTS) is 1. The van der Waals surface area contributed by atoms with Crippen LogP contribution in [0.1, 0.15) is 22.8 Å². The Labute approximate surface area is 122 Å². The molecule has 106 valence electrons. The van der Waals surface area contributed by atoms with Gasteiger partial charge in [-0.05, 0) is 29.7 Å². The zero-order valence-corrected chi connectivity index (χ0v) is 11.9. The number of thioether (sulfide) groups is 1. The maximum absolute atomic E-state index is 12.6. The summed E-state index contributed by atoms with van der Waals surface area (Å²) in [5, 5.41) is 8.88. The number of carboxylic acids is 1. The molecule has 5 heteroatoms. The molecule has 1 saturated heterocycles. The molecule has 0 unspecified atom stereocenters. The highest BCUT2D eigenvalue weighted by Crippen LogP contribution is 2.38. The van der Waals surface area contributed by atoms with Crippen molar-refractivity contribution in [2.75, 3.05) is 18.8 Å². The molecule has 1 aromatic carbocycles. The fourth-order valence-electron chi connectivity index (χ4n) is 2.93. The van der Waals surface area contributed by atoms with Crippen molar-refractivity contribution >= 4 is 23.6 Å². The van der Waals surface area contributed by atoms with Crippen molar-refractivity contribution in [2.24, 2.45) is 5.92 Å². The second kappa shape index (κ2) is 5.48. The number of hydrogen-bond acceptors (Lipinski definition) is 3. The Kier molecular flexibility index (Phi) is 3.70. The predicted molar refractivity (Wildman–Crippen MR) is 77.7 cm³/mol. The maximum Gasteiger partial charge on any atom is 0.308 e. The van der Waals surface area contributed by atoms with Gasteiger partial charge in [-0.2, -0.15) is 0 Å². The minimum Gasteiger partial charge on any atom is -0.481 e. The first-order chi connectivity index (χ1) is 9.66. The Hall–Kier alpha value is -1.49. The molecule has 2 aliphatic rings. The van der Waals surface area contributed by atoms with Crippen LogP contribution in [0.4, 0.5) is 0 Å². The molecular formula is C15H17NO3S. The third kappa shape index (κ3) is 2.42. The lowest BCUT2D eigenvalue weighted by atomic mass is 10.0. The van der Waals surface area contributed by atoms with Crippen LogP contribution in [-0.2, 0) is 16.0 Å². The zero-order valence-electron chi connectivity index (χ0n) is 11.1. The van der Waals surface area contributed by atoms with Gasteiger partial charge in [0.05, 0.1) is 5.92 Å². The van der Waals surface area contributed by atoms with Crippen LogP contribution in [0.25, 0.3) is 0 Å². The highest BCUT2D eigenvalue weighted by Gasteiger charge is 2.36. The molecule has 3 rings (SSSR count). The zero-order chi connectivity index (χ0) is 14.1. The van der Waals surface area contributed by atoms with Gasteiger partial charge in [-0.1, -0.05) is 24.3 Å². The van der Waals surface area contributed by atoms with E-state index >= 15 is 0 Å². The van der Waals surface area contributed by atoms with E-state index in [0.717, 1.165) is 17.7 Å². The van der Waals surface area contributed by atoms with Crippen molar-refractivity contribution in [1.29, 1.82) is 0 Å². The minimum atomic E-state index is -0.794. The van der Waals surface area contributed by atoms with Crippen LogP contribution in [0.3, 0.4) is 0 Å². The lowest BCUT2D eigenvalue weighted by Gasteiger charge is -2.28.